The minimum atomic E-state index is -0.739. The summed E-state index contributed by atoms with van der Waals surface area (Å²) in [4.78, 5) is 25.7. The molecule has 1 amide bonds. The Kier molecular flexibility index (Phi) is 7.47. The van der Waals surface area contributed by atoms with Gasteiger partial charge in [0.25, 0.3) is 0 Å². The molecule has 0 radical (unpaired) electrons. The van der Waals surface area contributed by atoms with Crippen molar-refractivity contribution in [3.05, 3.63) is 12.2 Å². The van der Waals surface area contributed by atoms with Crippen LogP contribution in [0.15, 0.2) is 12.2 Å². The van der Waals surface area contributed by atoms with E-state index in [1.165, 1.54) is 6.08 Å². The number of amides is 1. The van der Waals surface area contributed by atoms with Gasteiger partial charge in [0.1, 0.15) is 17.4 Å². The zero-order chi connectivity index (χ0) is 19.3. The van der Waals surface area contributed by atoms with Gasteiger partial charge in [-0.2, -0.15) is 0 Å². The van der Waals surface area contributed by atoms with E-state index in [-0.39, 0.29) is 18.2 Å². The fourth-order valence-corrected chi connectivity index (χ4v) is 2.64. The average Bonchev–Trinajstić information content (AvgIpc) is 2.77. The molecule has 6 heteroatoms. The summed E-state index contributed by atoms with van der Waals surface area (Å²) in [5.74, 6) is -0.338. The van der Waals surface area contributed by atoms with Crippen LogP contribution in [0.1, 0.15) is 67.7 Å². The van der Waals surface area contributed by atoms with Crippen molar-refractivity contribution < 1.29 is 23.8 Å². The lowest BCUT2D eigenvalue weighted by Gasteiger charge is -2.31. The number of carbonyl (C=O) groups excluding carboxylic acids is 2. The van der Waals surface area contributed by atoms with E-state index in [0.717, 1.165) is 12.8 Å². The standard InChI is InChI=1S/C19H33NO5/c1-8-14(9-2)23-16(21)12-10-11-15-13-20(19(6,7)24-15)17(22)25-18(3,4)5/h10,12,14-15H,8-9,11,13H2,1-7H3/b12-10-/t15-/m1/s1. The number of nitrogens with zero attached hydrogens (tertiary/aromatic N) is 1. The quantitative estimate of drug-likeness (QED) is 0.531. The Balaban J connectivity index is 2.55. The van der Waals surface area contributed by atoms with Gasteiger partial charge in [-0.3, -0.25) is 4.90 Å². The Bertz CT molecular complexity index is 489. The molecule has 1 atom stereocenters. The molecule has 25 heavy (non-hydrogen) atoms. The maximum Gasteiger partial charge on any atom is 0.412 e. The van der Waals surface area contributed by atoms with Crippen molar-refractivity contribution in [1.29, 1.82) is 0 Å². The molecular weight excluding hydrogens is 322 g/mol. The number of hydrogen-bond acceptors (Lipinski definition) is 5. The second-order valence-corrected chi connectivity index (χ2v) is 7.79. The summed E-state index contributed by atoms with van der Waals surface area (Å²) in [5.41, 5.74) is -1.29. The minimum Gasteiger partial charge on any atom is -0.459 e. The van der Waals surface area contributed by atoms with Crippen molar-refractivity contribution in [1.82, 2.24) is 4.90 Å². The summed E-state index contributed by atoms with van der Waals surface area (Å²) in [5, 5.41) is 0. The summed E-state index contributed by atoms with van der Waals surface area (Å²) >= 11 is 0. The third kappa shape index (κ3) is 7.06. The van der Waals surface area contributed by atoms with E-state index in [1.807, 2.05) is 48.5 Å². The lowest BCUT2D eigenvalue weighted by molar-refractivity contribution is -0.143. The molecule has 144 valence electrons. The predicted octanol–water partition coefficient (Wildman–Crippen LogP) is 4.04. The molecule has 1 fully saturated rings. The molecule has 1 heterocycles. The summed E-state index contributed by atoms with van der Waals surface area (Å²) < 4.78 is 16.7. The highest BCUT2D eigenvalue weighted by molar-refractivity contribution is 5.82. The SMILES string of the molecule is CCC(CC)OC(=O)/C=C\C[C@@H]1CN(C(=O)OC(C)(C)C)C(C)(C)O1. The molecule has 6 nitrogen and oxygen atoms in total. The number of hydrogen-bond donors (Lipinski definition) is 0. The molecule has 0 saturated carbocycles. The van der Waals surface area contributed by atoms with E-state index in [2.05, 4.69) is 0 Å². The third-order valence-corrected chi connectivity index (χ3v) is 3.95. The van der Waals surface area contributed by atoms with Crippen LogP contribution in [-0.2, 0) is 19.0 Å². The van der Waals surface area contributed by atoms with Crippen LogP contribution in [0.3, 0.4) is 0 Å². The fourth-order valence-electron chi connectivity index (χ4n) is 2.64. The van der Waals surface area contributed by atoms with Crippen LogP contribution in [0.2, 0.25) is 0 Å². The summed E-state index contributed by atoms with van der Waals surface area (Å²) in [7, 11) is 0. The van der Waals surface area contributed by atoms with Crippen LogP contribution in [0.25, 0.3) is 0 Å². The van der Waals surface area contributed by atoms with Gasteiger partial charge in [0.05, 0.1) is 12.6 Å². The van der Waals surface area contributed by atoms with Gasteiger partial charge >= 0.3 is 12.1 Å². The maximum absolute atomic E-state index is 12.3. The van der Waals surface area contributed by atoms with E-state index in [9.17, 15) is 9.59 Å². The van der Waals surface area contributed by atoms with Crippen molar-refractivity contribution in [2.45, 2.75) is 91.3 Å². The van der Waals surface area contributed by atoms with Gasteiger partial charge in [-0.05, 0) is 53.9 Å². The minimum absolute atomic E-state index is 0.0403. The highest BCUT2D eigenvalue weighted by Crippen LogP contribution is 2.30. The molecule has 1 aliphatic heterocycles. The first-order valence-electron chi connectivity index (χ1n) is 9.04. The van der Waals surface area contributed by atoms with Gasteiger partial charge in [-0.15, -0.1) is 0 Å². The number of rotatable bonds is 6. The van der Waals surface area contributed by atoms with E-state index in [4.69, 9.17) is 14.2 Å². The Morgan fingerprint density at radius 2 is 1.88 bits per heavy atom. The molecule has 0 bridgehead atoms. The molecule has 0 N–H and O–H groups in total. The highest BCUT2D eigenvalue weighted by atomic mass is 16.6. The zero-order valence-corrected chi connectivity index (χ0v) is 16.6. The smallest absolute Gasteiger partial charge is 0.412 e. The normalized spacial score (nSPS) is 20.3. The van der Waals surface area contributed by atoms with Gasteiger partial charge in [-0.1, -0.05) is 19.9 Å². The van der Waals surface area contributed by atoms with Crippen molar-refractivity contribution in [2.24, 2.45) is 0 Å². The molecule has 1 rings (SSSR count). The highest BCUT2D eigenvalue weighted by Gasteiger charge is 2.43. The summed E-state index contributed by atoms with van der Waals surface area (Å²) in [6.45, 7) is 13.6. The third-order valence-electron chi connectivity index (χ3n) is 3.95. The monoisotopic (exact) mass is 355 g/mol. The van der Waals surface area contributed by atoms with E-state index >= 15 is 0 Å². The largest absolute Gasteiger partial charge is 0.459 e. The van der Waals surface area contributed by atoms with Gasteiger partial charge in [-0.25, -0.2) is 9.59 Å². The molecule has 1 aliphatic rings. The Labute approximate surface area is 151 Å². The Hall–Kier alpha value is -1.56. The van der Waals surface area contributed by atoms with Crippen LogP contribution in [-0.4, -0.2) is 47.0 Å². The zero-order valence-electron chi connectivity index (χ0n) is 16.6. The van der Waals surface area contributed by atoms with E-state index in [0.29, 0.717) is 13.0 Å². The Morgan fingerprint density at radius 3 is 2.40 bits per heavy atom. The number of esters is 1. The lowest BCUT2D eigenvalue weighted by Crippen LogP contribution is -2.46. The van der Waals surface area contributed by atoms with Crippen LogP contribution in [0.5, 0.6) is 0 Å². The average molecular weight is 355 g/mol. The molecule has 0 aromatic heterocycles. The van der Waals surface area contributed by atoms with Crippen molar-refractivity contribution in [3.63, 3.8) is 0 Å². The first-order valence-corrected chi connectivity index (χ1v) is 9.04. The van der Waals surface area contributed by atoms with Gasteiger partial charge in [0, 0.05) is 6.08 Å². The molecule has 0 aromatic carbocycles. The van der Waals surface area contributed by atoms with Crippen molar-refractivity contribution in [3.8, 4) is 0 Å². The summed E-state index contributed by atoms with van der Waals surface area (Å²) in [6, 6.07) is 0. The Morgan fingerprint density at radius 1 is 1.28 bits per heavy atom. The molecule has 0 aliphatic carbocycles. The van der Waals surface area contributed by atoms with Gasteiger partial charge < -0.3 is 14.2 Å². The van der Waals surface area contributed by atoms with Crippen LogP contribution in [0.4, 0.5) is 4.79 Å². The number of carbonyl (C=O) groups is 2. The number of ether oxygens (including phenoxy) is 3. The van der Waals surface area contributed by atoms with Crippen LogP contribution < -0.4 is 0 Å². The first-order chi connectivity index (χ1) is 11.5. The van der Waals surface area contributed by atoms with E-state index in [1.54, 1.807) is 11.0 Å². The van der Waals surface area contributed by atoms with Gasteiger partial charge in [0.15, 0.2) is 0 Å². The van der Waals surface area contributed by atoms with Crippen LogP contribution in [0, 0.1) is 0 Å². The van der Waals surface area contributed by atoms with Crippen molar-refractivity contribution in [2.75, 3.05) is 6.54 Å². The van der Waals surface area contributed by atoms with Crippen LogP contribution >= 0.6 is 0 Å². The maximum atomic E-state index is 12.3. The van der Waals surface area contributed by atoms with Gasteiger partial charge in [0.2, 0.25) is 0 Å². The lowest BCUT2D eigenvalue weighted by atomic mass is 10.2. The predicted molar refractivity (Wildman–Crippen MR) is 96.1 cm³/mol. The molecule has 0 aromatic rings. The topological polar surface area (TPSA) is 65.1 Å². The molecular formula is C19H33NO5. The summed E-state index contributed by atoms with van der Waals surface area (Å²) in [6.07, 6.45) is 4.70. The molecule has 0 spiro atoms. The molecule has 1 saturated heterocycles. The first kappa shape index (κ1) is 21.5. The second-order valence-electron chi connectivity index (χ2n) is 7.79. The molecule has 0 unspecified atom stereocenters. The van der Waals surface area contributed by atoms with E-state index < -0.39 is 17.4 Å². The van der Waals surface area contributed by atoms with Crippen molar-refractivity contribution >= 4 is 12.1 Å². The second kappa shape index (κ2) is 8.70. The fraction of sp³-hybridized carbons (Fsp3) is 0.789.